The summed E-state index contributed by atoms with van der Waals surface area (Å²) in [4.78, 5) is 11.0. The summed E-state index contributed by atoms with van der Waals surface area (Å²) in [5, 5.41) is 9.66. The average Bonchev–Trinajstić information content (AvgIpc) is 2.47. The highest BCUT2D eigenvalue weighted by Gasteiger charge is 2.08. The van der Waals surface area contributed by atoms with Crippen molar-refractivity contribution in [3.05, 3.63) is 59.2 Å². The maximum Gasteiger partial charge on any atom is 0.252 e. The molecule has 2 rings (SSSR count). The SMILES string of the molecule is NCc1ccccc1CCOc1ccc(C(N)=O)c(O)c1. The summed E-state index contributed by atoms with van der Waals surface area (Å²) >= 11 is 0. The van der Waals surface area contributed by atoms with Crippen LogP contribution in [0.15, 0.2) is 42.5 Å². The number of primary amides is 1. The number of carbonyl (C=O) groups excluding carboxylic acids is 1. The molecule has 0 bridgehead atoms. The Balaban J connectivity index is 1.97. The van der Waals surface area contributed by atoms with Crippen LogP contribution in [0.5, 0.6) is 11.5 Å². The predicted molar refractivity (Wildman–Crippen MR) is 80.2 cm³/mol. The van der Waals surface area contributed by atoms with E-state index in [4.69, 9.17) is 16.2 Å². The van der Waals surface area contributed by atoms with Gasteiger partial charge in [-0.05, 0) is 23.3 Å². The highest BCUT2D eigenvalue weighted by Crippen LogP contribution is 2.23. The first-order valence-corrected chi connectivity index (χ1v) is 6.64. The third-order valence-corrected chi connectivity index (χ3v) is 3.21. The van der Waals surface area contributed by atoms with Crippen molar-refractivity contribution in [3.8, 4) is 11.5 Å². The summed E-state index contributed by atoms with van der Waals surface area (Å²) in [5.74, 6) is -0.360. The van der Waals surface area contributed by atoms with Crippen molar-refractivity contribution >= 4 is 5.91 Å². The van der Waals surface area contributed by atoms with Crippen LogP contribution >= 0.6 is 0 Å². The molecule has 0 unspecified atom stereocenters. The second-order valence-electron chi connectivity index (χ2n) is 4.61. The van der Waals surface area contributed by atoms with Crippen LogP contribution in [0.4, 0.5) is 0 Å². The van der Waals surface area contributed by atoms with Gasteiger partial charge in [0.15, 0.2) is 0 Å². The number of hydrogen-bond acceptors (Lipinski definition) is 4. The fourth-order valence-corrected chi connectivity index (χ4v) is 2.09. The smallest absolute Gasteiger partial charge is 0.252 e. The molecule has 5 heteroatoms. The van der Waals surface area contributed by atoms with Crippen LogP contribution in [-0.4, -0.2) is 17.6 Å². The molecule has 1 amide bonds. The molecule has 21 heavy (non-hydrogen) atoms. The van der Waals surface area contributed by atoms with Gasteiger partial charge in [0.05, 0.1) is 12.2 Å². The van der Waals surface area contributed by atoms with E-state index in [0.717, 1.165) is 11.1 Å². The quantitative estimate of drug-likeness (QED) is 0.750. The number of amides is 1. The van der Waals surface area contributed by atoms with Crippen LogP contribution in [0.25, 0.3) is 0 Å². The van der Waals surface area contributed by atoms with Gasteiger partial charge < -0.3 is 21.3 Å². The highest BCUT2D eigenvalue weighted by atomic mass is 16.5. The summed E-state index contributed by atoms with van der Waals surface area (Å²) in [6.07, 6.45) is 0.714. The largest absolute Gasteiger partial charge is 0.507 e. The molecule has 110 valence electrons. The van der Waals surface area contributed by atoms with E-state index in [2.05, 4.69) is 0 Å². The van der Waals surface area contributed by atoms with Crippen LogP contribution in [-0.2, 0) is 13.0 Å². The zero-order valence-electron chi connectivity index (χ0n) is 11.6. The molecule has 5 N–H and O–H groups in total. The Morgan fingerprint density at radius 1 is 1.14 bits per heavy atom. The first-order chi connectivity index (χ1) is 10.1. The lowest BCUT2D eigenvalue weighted by atomic mass is 10.1. The molecule has 0 aliphatic carbocycles. The van der Waals surface area contributed by atoms with E-state index in [9.17, 15) is 9.90 Å². The molecule has 0 aliphatic rings. The summed E-state index contributed by atoms with van der Waals surface area (Å²) in [6, 6.07) is 12.3. The molecule has 5 nitrogen and oxygen atoms in total. The zero-order valence-corrected chi connectivity index (χ0v) is 11.6. The maximum absolute atomic E-state index is 11.0. The van der Waals surface area contributed by atoms with Gasteiger partial charge in [-0.1, -0.05) is 24.3 Å². The van der Waals surface area contributed by atoms with Crippen molar-refractivity contribution in [2.24, 2.45) is 11.5 Å². The van der Waals surface area contributed by atoms with Crippen molar-refractivity contribution in [1.82, 2.24) is 0 Å². The van der Waals surface area contributed by atoms with Gasteiger partial charge in [0.2, 0.25) is 0 Å². The lowest BCUT2D eigenvalue weighted by molar-refractivity contribution is 0.0997. The van der Waals surface area contributed by atoms with Crippen molar-refractivity contribution in [3.63, 3.8) is 0 Å². The minimum atomic E-state index is -0.670. The fourth-order valence-electron chi connectivity index (χ4n) is 2.09. The van der Waals surface area contributed by atoms with Gasteiger partial charge in [-0.3, -0.25) is 4.79 Å². The average molecular weight is 286 g/mol. The van der Waals surface area contributed by atoms with Crippen molar-refractivity contribution < 1.29 is 14.6 Å². The van der Waals surface area contributed by atoms with Gasteiger partial charge in [0.25, 0.3) is 5.91 Å². The third kappa shape index (κ3) is 3.73. The molecular formula is C16H18N2O3. The lowest BCUT2D eigenvalue weighted by Gasteiger charge is -2.10. The lowest BCUT2D eigenvalue weighted by Crippen LogP contribution is -2.11. The number of benzene rings is 2. The topological polar surface area (TPSA) is 98.6 Å². The van der Waals surface area contributed by atoms with Gasteiger partial charge >= 0.3 is 0 Å². The minimum Gasteiger partial charge on any atom is -0.507 e. The molecule has 0 saturated heterocycles. The van der Waals surface area contributed by atoms with E-state index in [1.807, 2.05) is 24.3 Å². The second kappa shape index (κ2) is 6.76. The van der Waals surface area contributed by atoms with E-state index in [1.165, 1.54) is 12.1 Å². The number of carbonyl (C=O) groups is 1. The first-order valence-electron chi connectivity index (χ1n) is 6.64. The second-order valence-corrected chi connectivity index (χ2v) is 4.61. The van der Waals surface area contributed by atoms with Gasteiger partial charge in [-0.25, -0.2) is 0 Å². The van der Waals surface area contributed by atoms with Crippen molar-refractivity contribution in [2.75, 3.05) is 6.61 Å². The monoisotopic (exact) mass is 286 g/mol. The summed E-state index contributed by atoms with van der Waals surface area (Å²) in [7, 11) is 0. The Morgan fingerprint density at radius 3 is 2.48 bits per heavy atom. The van der Waals surface area contributed by atoms with Crippen LogP contribution in [0.3, 0.4) is 0 Å². The fraction of sp³-hybridized carbons (Fsp3) is 0.188. The molecule has 0 heterocycles. The molecule has 0 radical (unpaired) electrons. The number of phenols is 1. The predicted octanol–water partition coefficient (Wildman–Crippen LogP) is 1.57. The number of rotatable bonds is 6. The molecule has 0 atom stereocenters. The number of nitrogens with two attached hydrogens (primary N) is 2. The van der Waals surface area contributed by atoms with E-state index in [-0.39, 0.29) is 11.3 Å². The summed E-state index contributed by atoms with van der Waals surface area (Å²) < 4.78 is 5.57. The van der Waals surface area contributed by atoms with Crippen LogP contribution in [0.2, 0.25) is 0 Å². The molecular weight excluding hydrogens is 268 g/mol. The third-order valence-electron chi connectivity index (χ3n) is 3.21. The normalized spacial score (nSPS) is 10.3. The van der Waals surface area contributed by atoms with E-state index in [0.29, 0.717) is 25.3 Å². The first kappa shape index (κ1) is 14.9. The molecule has 0 spiro atoms. The van der Waals surface area contributed by atoms with Crippen molar-refractivity contribution in [2.45, 2.75) is 13.0 Å². The maximum atomic E-state index is 11.0. The molecule has 0 fully saturated rings. The molecule has 2 aromatic rings. The molecule has 0 aromatic heterocycles. The number of hydrogen-bond donors (Lipinski definition) is 3. The van der Waals surface area contributed by atoms with Gasteiger partial charge in [0, 0.05) is 19.0 Å². The Hall–Kier alpha value is -2.53. The highest BCUT2D eigenvalue weighted by molar-refractivity contribution is 5.95. The van der Waals surface area contributed by atoms with Gasteiger partial charge in [-0.2, -0.15) is 0 Å². The summed E-state index contributed by atoms with van der Waals surface area (Å²) in [6.45, 7) is 0.941. The Kier molecular flexibility index (Phi) is 4.79. The van der Waals surface area contributed by atoms with Crippen LogP contribution < -0.4 is 16.2 Å². The van der Waals surface area contributed by atoms with Crippen molar-refractivity contribution in [1.29, 1.82) is 0 Å². The number of aromatic hydroxyl groups is 1. The zero-order chi connectivity index (χ0) is 15.2. The van der Waals surface area contributed by atoms with Gasteiger partial charge in [-0.15, -0.1) is 0 Å². The Morgan fingerprint density at radius 2 is 1.86 bits per heavy atom. The minimum absolute atomic E-state index is 0.0795. The standard InChI is InChI=1S/C16H18N2O3/c17-10-12-4-2-1-3-11(12)7-8-21-13-5-6-14(16(18)20)15(19)9-13/h1-6,9,19H,7-8,10,17H2,(H2,18,20). The van der Waals surface area contributed by atoms with E-state index < -0.39 is 5.91 Å². The van der Waals surface area contributed by atoms with Crippen LogP contribution in [0.1, 0.15) is 21.5 Å². The van der Waals surface area contributed by atoms with E-state index >= 15 is 0 Å². The Labute approximate surface area is 123 Å². The molecule has 0 saturated carbocycles. The molecule has 2 aromatic carbocycles. The van der Waals surface area contributed by atoms with E-state index in [1.54, 1.807) is 6.07 Å². The molecule has 0 aliphatic heterocycles. The van der Waals surface area contributed by atoms with Gasteiger partial charge in [0.1, 0.15) is 11.5 Å². The Bertz CT molecular complexity index is 641. The van der Waals surface area contributed by atoms with Crippen LogP contribution in [0, 0.1) is 0 Å². The summed E-state index contributed by atoms with van der Waals surface area (Å²) in [5.41, 5.74) is 13.1. The number of ether oxygens (including phenoxy) is 1.